The predicted molar refractivity (Wildman–Crippen MR) is 49.6 cm³/mol. The summed E-state index contributed by atoms with van der Waals surface area (Å²) in [5, 5.41) is 3.14. The molecule has 0 heterocycles. The zero-order valence-corrected chi connectivity index (χ0v) is 6.96. The molecule has 0 aliphatic heterocycles. The van der Waals surface area contributed by atoms with Crippen LogP contribution in [0.4, 0.5) is 5.69 Å². The van der Waals surface area contributed by atoms with E-state index in [1.54, 1.807) is 0 Å². The molecule has 0 aromatic heterocycles. The predicted octanol–water partition coefficient (Wildman–Crippen LogP) is 2.94. The van der Waals surface area contributed by atoms with E-state index in [0.717, 1.165) is 5.69 Å². The van der Waals surface area contributed by atoms with E-state index in [2.05, 4.69) is 36.5 Å². The van der Waals surface area contributed by atoms with Crippen molar-refractivity contribution in [2.75, 3.05) is 5.32 Å². The molecule has 0 saturated carbocycles. The number of hydrogen-bond acceptors (Lipinski definition) is 1. The third-order valence-corrected chi connectivity index (χ3v) is 1.47. The molecule has 1 N–H and O–H groups in total. The lowest BCUT2D eigenvalue weighted by Gasteiger charge is -1.99. The van der Waals surface area contributed by atoms with Gasteiger partial charge in [0.05, 0.1) is 0 Å². The smallest absolute Gasteiger partial charge is 0.0379 e. The van der Waals surface area contributed by atoms with Crippen molar-refractivity contribution < 1.29 is 0 Å². The number of rotatable bonds is 2. The van der Waals surface area contributed by atoms with Gasteiger partial charge in [-0.2, -0.15) is 0 Å². The highest BCUT2D eigenvalue weighted by molar-refractivity contribution is 5.46. The standard InChI is InChI=1S/C10H13N/c1-3-8-11-10-6-4-9(2)5-7-10/h3-8,11H,1-2H3/b8-3+. The Hall–Kier alpha value is -1.24. The van der Waals surface area contributed by atoms with Crippen molar-refractivity contribution in [2.24, 2.45) is 0 Å². The molecule has 0 spiro atoms. The van der Waals surface area contributed by atoms with Gasteiger partial charge >= 0.3 is 0 Å². The molecule has 0 radical (unpaired) electrons. The molecule has 0 atom stereocenters. The molecule has 1 aromatic carbocycles. The van der Waals surface area contributed by atoms with Crippen LogP contribution in [-0.4, -0.2) is 0 Å². The fourth-order valence-electron chi connectivity index (χ4n) is 0.829. The Morgan fingerprint density at radius 2 is 1.82 bits per heavy atom. The fourth-order valence-corrected chi connectivity index (χ4v) is 0.829. The van der Waals surface area contributed by atoms with Crippen LogP contribution in [0.5, 0.6) is 0 Å². The monoisotopic (exact) mass is 147 g/mol. The van der Waals surface area contributed by atoms with Gasteiger partial charge in [0.15, 0.2) is 0 Å². The molecule has 0 aliphatic rings. The highest BCUT2D eigenvalue weighted by Gasteiger charge is 1.85. The van der Waals surface area contributed by atoms with Crippen LogP contribution in [0.3, 0.4) is 0 Å². The molecule has 1 heteroatoms. The van der Waals surface area contributed by atoms with Crippen LogP contribution >= 0.6 is 0 Å². The molecule has 58 valence electrons. The number of nitrogens with one attached hydrogen (secondary N) is 1. The van der Waals surface area contributed by atoms with Gasteiger partial charge in [-0.3, -0.25) is 0 Å². The Morgan fingerprint density at radius 3 is 2.36 bits per heavy atom. The second kappa shape index (κ2) is 3.81. The van der Waals surface area contributed by atoms with Crippen molar-refractivity contribution in [2.45, 2.75) is 13.8 Å². The summed E-state index contributed by atoms with van der Waals surface area (Å²) in [6.45, 7) is 4.07. The van der Waals surface area contributed by atoms with E-state index >= 15 is 0 Å². The second-order valence-electron chi connectivity index (χ2n) is 2.51. The van der Waals surface area contributed by atoms with Gasteiger partial charge in [-0.25, -0.2) is 0 Å². The third kappa shape index (κ3) is 2.46. The molecule has 0 saturated heterocycles. The SMILES string of the molecule is C/C=C/Nc1ccc(C)cc1. The van der Waals surface area contributed by atoms with E-state index in [1.807, 2.05) is 19.2 Å². The largest absolute Gasteiger partial charge is 0.362 e. The van der Waals surface area contributed by atoms with Crippen LogP contribution in [0.2, 0.25) is 0 Å². The maximum atomic E-state index is 3.14. The Bertz CT molecular complexity index is 234. The summed E-state index contributed by atoms with van der Waals surface area (Å²) in [6, 6.07) is 8.31. The quantitative estimate of drug-likeness (QED) is 0.678. The average Bonchev–Trinajstić information content (AvgIpc) is 2.04. The van der Waals surface area contributed by atoms with Crippen LogP contribution in [0.15, 0.2) is 36.5 Å². The average molecular weight is 147 g/mol. The van der Waals surface area contributed by atoms with E-state index in [-0.39, 0.29) is 0 Å². The highest BCUT2D eigenvalue weighted by atomic mass is 14.8. The molecule has 0 unspecified atom stereocenters. The number of hydrogen-bond donors (Lipinski definition) is 1. The van der Waals surface area contributed by atoms with Gasteiger partial charge < -0.3 is 5.32 Å². The van der Waals surface area contributed by atoms with Crippen molar-refractivity contribution in [3.05, 3.63) is 42.1 Å². The van der Waals surface area contributed by atoms with Gasteiger partial charge in [0.25, 0.3) is 0 Å². The zero-order valence-electron chi connectivity index (χ0n) is 6.96. The van der Waals surface area contributed by atoms with Crippen LogP contribution in [0, 0.1) is 6.92 Å². The van der Waals surface area contributed by atoms with Gasteiger partial charge in [-0.1, -0.05) is 23.8 Å². The summed E-state index contributed by atoms with van der Waals surface area (Å²) in [4.78, 5) is 0. The Morgan fingerprint density at radius 1 is 1.18 bits per heavy atom. The number of allylic oxidation sites excluding steroid dienone is 1. The molecular formula is C10H13N. The first-order valence-corrected chi connectivity index (χ1v) is 3.77. The summed E-state index contributed by atoms with van der Waals surface area (Å²) in [6.07, 6.45) is 3.89. The minimum Gasteiger partial charge on any atom is -0.362 e. The number of benzene rings is 1. The number of anilines is 1. The second-order valence-corrected chi connectivity index (χ2v) is 2.51. The van der Waals surface area contributed by atoms with Gasteiger partial charge in [-0.15, -0.1) is 0 Å². The number of aryl methyl sites for hydroxylation is 1. The zero-order chi connectivity index (χ0) is 8.10. The molecule has 0 aliphatic carbocycles. The lowest BCUT2D eigenvalue weighted by molar-refractivity contribution is 1.45. The van der Waals surface area contributed by atoms with Crippen LogP contribution in [0.25, 0.3) is 0 Å². The normalized spacial score (nSPS) is 10.4. The Labute approximate surface area is 67.8 Å². The van der Waals surface area contributed by atoms with Crippen molar-refractivity contribution in [1.82, 2.24) is 0 Å². The van der Waals surface area contributed by atoms with Crippen molar-refractivity contribution in [3.8, 4) is 0 Å². The van der Waals surface area contributed by atoms with Gasteiger partial charge in [0.2, 0.25) is 0 Å². The lowest BCUT2D eigenvalue weighted by Crippen LogP contribution is -1.85. The topological polar surface area (TPSA) is 12.0 Å². The van der Waals surface area contributed by atoms with Crippen molar-refractivity contribution >= 4 is 5.69 Å². The molecular weight excluding hydrogens is 134 g/mol. The van der Waals surface area contributed by atoms with Crippen molar-refractivity contribution in [1.29, 1.82) is 0 Å². The first-order valence-electron chi connectivity index (χ1n) is 3.77. The molecule has 11 heavy (non-hydrogen) atoms. The van der Waals surface area contributed by atoms with E-state index in [9.17, 15) is 0 Å². The summed E-state index contributed by atoms with van der Waals surface area (Å²) >= 11 is 0. The fraction of sp³-hybridized carbons (Fsp3) is 0.200. The van der Waals surface area contributed by atoms with E-state index in [4.69, 9.17) is 0 Å². The summed E-state index contributed by atoms with van der Waals surface area (Å²) in [5.41, 5.74) is 2.42. The molecule has 0 bridgehead atoms. The summed E-state index contributed by atoms with van der Waals surface area (Å²) in [7, 11) is 0. The van der Waals surface area contributed by atoms with Crippen molar-refractivity contribution in [3.63, 3.8) is 0 Å². The highest BCUT2D eigenvalue weighted by Crippen LogP contribution is 2.07. The maximum Gasteiger partial charge on any atom is 0.0379 e. The third-order valence-electron chi connectivity index (χ3n) is 1.47. The van der Waals surface area contributed by atoms with Gasteiger partial charge in [0.1, 0.15) is 0 Å². The Kier molecular flexibility index (Phi) is 2.73. The van der Waals surface area contributed by atoms with Gasteiger partial charge in [0, 0.05) is 5.69 Å². The van der Waals surface area contributed by atoms with Crippen LogP contribution < -0.4 is 5.32 Å². The molecule has 0 amide bonds. The molecule has 1 nitrogen and oxygen atoms in total. The lowest BCUT2D eigenvalue weighted by atomic mass is 10.2. The summed E-state index contributed by atoms with van der Waals surface area (Å²) < 4.78 is 0. The van der Waals surface area contributed by atoms with Crippen LogP contribution in [0.1, 0.15) is 12.5 Å². The first kappa shape index (κ1) is 7.86. The molecule has 1 rings (SSSR count). The molecule has 0 fully saturated rings. The Balaban J connectivity index is 2.66. The van der Waals surface area contributed by atoms with E-state index in [1.165, 1.54) is 5.56 Å². The minimum absolute atomic E-state index is 1.13. The van der Waals surface area contributed by atoms with E-state index in [0.29, 0.717) is 0 Å². The van der Waals surface area contributed by atoms with Gasteiger partial charge in [-0.05, 0) is 32.2 Å². The van der Waals surface area contributed by atoms with Crippen LogP contribution in [-0.2, 0) is 0 Å². The molecule has 1 aromatic rings. The minimum atomic E-state index is 1.13. The summed E-state index contributed by atoms with van der Waals surface area (Å²) in [5.74, 6) is 0. The maximum absolute atomic E-state index is 3.14. The van der Waals surface area contributed by atoms with E-state index < -0.39 is 0 Å². The first-order chi connectivity index (χ1) is 5.33.